The molecule has 2 rings (SSSR count). The third-order valence-corrected chi connectivity index (χ3v) is 3.25. The summed E-state index contributed by atoms with van der Waals surface area (Å²) in [5.74, 6) is 0.116. The van der Waals surface area contributed by atoms with Crippen LogP contribution in [0.1, 0.15) is 38.2 Å². The lowest BCUT2D eigenvalue weighted by molar-refractivity contribution is 0.103. The molecule has 0 aliphatic heterocycles. The smallest absolute Gasteiger partial charge is 0.193 e. The van der Waals surface area contributed by atoms with Gasteiger partial charge in [0.05, 0.1) is 0 Å². The van der Waals surface area contributed by atoms with Gasteiger partial charge in [-0.1, -0.05) is 47.5 Å². The van der Waals surface area contributed by atoms with E-state index in [9.17, 15) is 4.79 Å². The summed E-state index contributed by atoms with van der Waals surface area (Å²) in [5, 5.41) is 0. The van der Waals surface area contributed by atoms with E-state index >= 15 is 0 Å². The summed E-state index contributed by atoms with van der Waals surface area (Å²) in [6.45, 7) is 8.06. The molecule has 18 heavy (non-hydrogen) atoms. The van der Waals surface area contributed by atoms with Crippen LogP contribution in [0.15, 0.2) is 36.4 Å². The fourth-order valence-corrected chi connectivity index (χ4v) is 2.28. The lowest BCUT2D eigenvalue weighted by Gasteiger charge is -2.09. The van der Waals surface area contributed by atoms with Crippen LogP contribution in [0.25, 0.3) is 0 Å². The Balaban J connectivity index is 2.48. The molecule has 0 N–H and O–H groups in total. The van der Waals surface area contributed by atoms with Gasteiger partial charge in [0.2, 0.25) is 0 Å². The van der Waals surface area contributed by atoms with Crippen molar-refractivity contribution in [1.29, 1.82) is 0 Å². The van der Waals surface area contributed by atoms with Crippen LogP contribution in [-0.2, 0) is 0 Å². The Bertz CT molecular complexity index is 556. The molecule has 2 aromatic carbocycles. The van der Waals surface area contributed by atoms with Crippen LogP contribution in [0, 0.1) is 27.7 Å². The normalized spacial score (nSPS) is 10.4. The lowest BCUT2D eigenvalue weighted by Crippen LogP contribution is -2.06. The van der Waals surface area contributed by atoms with Crippen LogP contribution in [0.5, 0.6) is 0 Å². The predicted octanol–water partition coefficient (Wildman–Crippen LogP) is 4.15. The van der Waals surface area contributed by atoms with Gasteiger partial charge in [0.25, 0.3) is 0 Å². The van der Waals surface area contributed by atoms with E-state index in [1.165, 1.54) is 11.1 Å². The summed E-state index contributed by atoms with van der Waals surface area (Å²) in [5.41, 5.74) is 6.05. The third-order valence-electron chi connectivity index (χ3n) is 3.25. The number of aryl methyl sites for hydroxylation is 4. The molecule has 0 amide bonds. The van der Waals surface area contributed by atoms with Crippen molar-refractivity contribution in [1.82, 2.24) is 0 Å². The van der Waals surface area contributed by atoms with E-state index in [1.54, 1.807) is 0 Å². The van der Waals surface area contributed by atoms with Crippen LogP contribution < -0.4 is 0 Å². The largest absolute Gasteiger partial charge is 0.289 e. The number of rotatable bonds is 2. The van der Waals surface area contributed by atoms with Crippen LogP contribution in [0.2, 0.25) is 0 Å². The Hall–Kier alpha value is -1.89. The van der Waals surface area contributed by atoms with E-state index in [0.29, 0.717) is 0 Å². The van der Waals surface area contributed by atoms with Crippen LogP contribution in [0.3, 0.4) is 0 Å². The molecule has 0 fully saturated rings. The first-order valence-electron chi connectivity index (χ1n) is 6.18. The summed E-state index contributed by atoms with van der Waals surface area (Å²) >= 11 is 0. The summed E-state index contributed by atoms with van der Waals surface area (Å²) in [7, 11) is 0. The standard InChI is InChI=1S/C17H18O/c1-11-5-7-15(13(3)9-11)17(18)16-8-6-12(2)10-14(16)4/h5-10H,1-4H3. The number of hydrogen-bond acceptors (Lipinski definition) is 1. The minimum Gasteiger partial charge on any atom is -0.289 e. The van der Waals surface area contributed by atoms with Crippen LogP contribution >= 0.6 is 0 Å². The highest BCUT2D eigenvalue weighted by atomic mass is 16.1. The van der Waals surface area contributed by atoms with Gasteiger partial charge in [-0.05, 0) is 38.8 Å². The molecule has 92 valence electrons. The number of carbonyl (C=O) groups is 1. The van der Waals surface area contributed by atoms with Crippen molar-refractivity contribution >= 4 is 5.78 Å². The van der Waals surface area contributed by atoms with E-state index in [2.05, 4.69) is 12.1 Å². The molecule has 0 atom stereocenters. The Morgan fingerprint density at radius 2 is 1.11 bits per heavy atom. The maximum Gasteiger partial charge on any atom is 0.193 e. The van der Waals surface area contributed by atoms with Gasteiger partial charge in [0.15, 0.2) is 5.78 Å². The van der Waals surface area contributed by atoms with E-state index in [1.807, 2.05) is 52.0 Å². The van der Waals surface area contributed by atoms with Gasteiger partial charge in [-0.2, -0.15) is 0 Å². The van der Waals surface area contributed by atoms with Gasteiger partial charge < -0.3 is 0 Å². The monoisotopic (exact) mass is 238 g/mol. The average Bonchev–Trinajstić information content (AvgIpc) is 2.28. The summed E-state index contributed by atoms with van der Waals surface area (Å²) < 4.78 is 0. The van der Waals surface area contributed by atoms with Gasteiger partial charge in [-0.15, -0.1) is 0 Å². The fourth-order valence-electron chi connectivity index (χ4n) is 2.28. The quantitative estimate of drug-likeness (QED) is 0.718. The van der Waals surface area contributed by atoms with Crippen molar-refractivity contribution < 1.29 is 4.79 Å². The van der Waals surface area contributed by atoms with Crippen molar-refractivity contribution in [2.75, 3.05) is 0 Å². The van der Waals surface area contributed by atoms with Gasteiger partial charge >= 0.3 is 0 Å². The molecule has 0 unspecified atom stereocenters. The fraction of sp³-hybridized carbons (Fsp3) is 0.235. The zero-order valence-electron chi connectivity index (χ0n) is 11.4. The van der Waals surface area contributed by atoms with E-state index in [-0.39, 0.29) is 5.78 Å². The van der Waals surface area contributed by atoms with Crippen molar-refractivity contribution in [2.24, 2.45) is 0 Å². The molecule has 0 aromatic heterocycles. The first-order valence-corrected chi connectivity index (χ1v) is 6.18. The zero-order valence-corrected chi connectivity index (χ0v) is 11.4. The lowest BCUT2D eigenvalue weighted by atomic mass is 9.94. The van der Waals surface area contributed by atoms with Crippen LogP contribution in [-0.4, -0.2) is 5.78 Å². The first-order chi connectivity index (χ1) is 8.49. The Kier molecular flexibility index (Phi) is 3.33. The molecule has 0 spiro atoms. The molecule has 0 heterocycles. The number of ketones is 1. The number of benzene rings is 2. The maximum atomic E-state index is 12.5. The second kappa shape index (κ2) is 4.77. The van der Waals surface area contributed by atoms with Crippen molar-refractivity contribution in [3.63, 3.8) is 0 Å². The van der Waals surface area contributed by atoms with Crippen molar-refractivity contribution in [3.05, 3.63) is 69.8 Å². The predicted molar refractivity (Wildman–Crippen MR) is 75.3 cm³/mol. The molecule has 0 radical (unpaired) electrons. The highest BCUT2D eigenvalue weighted by Gasteiger charge is 2.13. The highest BCUT2D eigenvalue weighted by Crippen LogP contribution is 2.19. The number of carbonyl (C=O) groups excluding carboxylic acids is 1. The topological polar surface area (TPSA) is 17.1 Å². The molecule has 0 aliphatic rings. The summed E-state index contributed by atoms with van der Waals surface area (Å²) in [4.78, 5) is 12.5. The van der Waals surface area contributed by atoms with Gasteiger partial charge in [-0.3, -0.25) is 4.79 Å². The minimum absolute atomic E-state index is 0.116. The van der Waals surface area contributed by atoms with Gasteiger partial charge in [-0.25, -0.2) is 0 Å². The molecule has 1 heteroatoms. The molecular formula is C17H18O. The van der Waals surface area contributed by atoms with Crippen LogP contribution in [0.4, 0.5) is 0 Å². The van der Waals surface area contributed by atoms with Gasteiger partial charge in [0, 0.05) is 11.1 Å². The molecule has 0 saturated carbocycles. The maximum absolute atomic E-state index is 12.5. The van der Waals surface area contributed by atoms with E-state index in [0.717, 1.165) is 22.3 Å². The Labute approximate surface area is 108 Å². The molecule has 1 nitrogen and oxygen atoms in total. The zero-order chi connectivity index (χ0) is 13.3. The SMILES string of the molecule is Cc1ccc(C(=O)c2ccc(C)cc2C)c(C)c1. The van der Waals surface area contributed by atoms with Crippen molar-refractivity contribution in [3.8, 4) is 0 Å². The summed E-state index contributed by atoms with van der Waals surface area (Å²) in [6, 6.07) is 11.9. The Morgan fingerprint density at radius 3 is 1.44 bits per heavy atom. The second-order valence-corrected chi connectivity index (χ2v) is 4.97. The molecule has 0 saturated heterocycles. The van der Waals surface area contributed by atoms with E-state index in [4.69, 9.17) is 0 Å². The molecular weight excluding hydrogens is 220 g/mol. The minimum atomic E-state index is 0.116. The summed E-state index contributed by atoms with van der Waals surface area (Å²) in [6.07, 6.45) is 0. The van der Waals surface area contributed by atoms with Gasteiger partial charge in [0.1, 0.15) is 0 Å². The average molecular weight is 238 g/mol. The van der Waals surface area contributed by atoms with Crippen molar-refractivity contribution in [2.45, 2.75) is 27.7 Å². The molecule has 0 aliphatic carbocycles. The Morgan fingerprint density at radius 1 is 0.722 bits per heavy atom. The van der Waals surface area contributed by atoms with E-state index < -0.39 is 0 Å². The first kappa shape index (κ1) is 12.6. The highest BCUT2D eigenvalue weighted by molar-refractivity contribution is 6.10. The molecule has 0 bridgehead atoms. The number of hydrogen-bond donors (Lipinski definition) is 0. The third kappa shape index (κ3) is 2.35. The second-order valence-electron chi connectivity index (χ2n) is 4.97. The molecule has 2 aromatic rings.